The van der Waals surface area contributed by atoms with Crippen LogP contribution in [0.2, 0.25) is 0 Å². The van der Waals surface area contributed by atoms with Crippen LogP contribution in [0.3, 0.4) is 0 Å². The van der Waals surface area contributed by atoms with Crippen molar-refractivity contribution in [3.63, 3.8) is 0 Å². The van der Waals surface area contributed by atoms with Gasteiger partial charge in [0.05, 0.1) is 0 Å². The van der Waals surface area contributed by atoms with Crippen molar-refractivity contribution >= 4 is 0 Å². The first kappa shape index (κ1) is 23.8. The summed E-state index contributed by atoms with van der Waals surface area (Å²) in [4.78, 5) is 0. The van der Waals surface area contributed by atoms with Gasteiger partial charge in [-0.15, -0.1) is 12.3 Å². The van der Waals surface area contributed by atoms with E-state index in [-0.39, 0.29) is 35.3 Å². The molecule has 0 aromatic heterocycles. The van der Waals surface area contributed by atoms with Gasteiger partial charge >= 0.3 is 29.6 Å². The Kier molecular flexibility index (Phi) is 23.3. The SMILES string of the molecule is C=C([O-])CCCCCCCCCCCCCCCCC.[Na+]. The molecule has 0 N–H and O–H groups in total. The molecule has 0 spiro atoms. The number of unbranched alkanes of at least 4 members (excludes halogenated alkanes) is 14. The fourth-order valence-electron chi connectivity index (χ4n) is 2.69. The van der Waals surface area contributed by atoms with E-state index < -0.39 is 0 Å². The van der Waals surface area contributed by atoms with Gasteiger partial charge in [-0.05, 0) is 6.42 Å². The summed E-state index contributed by atoms with van der Waals surface area (Å²) in [5, 5.41) is 10.7. The average molecular weight is 304 g/mol. The van der Waals surface area contributed by atoms with Crippen LogP contribution < -0.4 is 34.7 Å². The summed E-state index contributed by atoms with van der Waals surface area (Å²) >= 11 is 0. The minimum atomic E-state index is 0. The van der Waals surface area contributed by atoms with Gasteiger partial charge in [0, 0.05) is 0 Å². The number of hydrogen-bond acceptors (Lipinski definition) is 1. The molecule has 0 saturated heterocycles. The minimum Gasteiger partial charge on any atom is -0.876 e. The topological polar surface area (TPSA) is 23.1 Å². The Morgan fingerprint density at radius 2 is 0.905 bits per heavy atom. The molecule has 0 aliphatic heterocycles. The molecule has 0 aromatic carbocycles. The summed E-state index contributed by atoms with van der Waals surface area (Å²) in [6, 6.07) is 0. The van der Waals surface area contributed by atoms with E-state index >= 15 is 0 Å². The molecular weight excluding hydrogens is 267 g/mol. The maximum Gasteiger partial charge on any atom is 1.00 e. The third-order valence-electron chi connectivity index (χ3n) is 4.06. The number of hydrogen-bond donors (Lipinski definition) is 0. The van der Waals surface area contributed by atoms with Crippen LogP contribution in [0.25, 0.3) is 0 Å². The Bertz CT molecular complexity index is 204. The normalized spacial score (nSPS) is 10.3. The van der Waals surface area contributed by atoms with E-state index in [1.807, 2.05) is 0 Å². The molecule has 0 heterocycles. The van der Waals surface area contributed by atoms with Gasteiger partial charge in [-0.3, -0.25) is 0 Å². The molecule has 0 aliphatic rings. The van der Waals surface area contributed by atoms with Crippen LogP contribution in [0.1, 0.15) is 110 Å². The van der Waals surface area contributed by atoms with E-state index in [0.29, 0.717) is 6.42 Å². The van der Waals surface area contributed by atoms with Crippen molar-refractivity contribution in [3.05, 3.63) is 12.3 Å². The fourth-order valence-corrected chi connectivity index (χ4v) is 2.69. The summed E-state index contributed by atoms with van der Waals surface area (Å²) in [5.41, 5.74) is 0. The van der Waals surface area contributed by atoms with Crippen molar-refractivity contribution in [3.8, 4) is 0 Å². The van der Waals surface area contributed by atoms with Gasteiger partial charge < -0.3 is 5.11 Å². The van der Waals surface area contributed by atoms with E-state index in [1.54, 1.807) is 0 Å². The first-order valence-electron chi connectivity index (χ1n) is 9.12. The maximum absolute atomic E-state index is 10.7. The quantitative estimate of drug-likeness (QED) is 0.244. The van der Waals surface area contributed by atoms with Crippen molar-refractivity contribution in [1.29, 1.82) is 0 Å². The third kappa shape index (κ3) is 22.9. The first-order chi connectivity index (χ1) is 9.77. The van der Waals surface area contributed by atoms with Gasteiger partial charge in [-0.2, -0.15) is 0 Å². The standard InChI is InChI=1S/C19H38O.Na/c1-3-4-5-6-7-8-9-10-11-12-13-14-15-16-17-18-19(2)20;/h20H,2-18H2,1H3;/q;+1/p-1. The average Bonchev–Trinajstić information content (AvgIpc) is 2.43. The van der Waals surface area contributed by atoms with Crippen LogP contribution >= 0.6 is 0 Å². The van der Waals surface area contributed by atoms with Gasteiger partial charge in [0.2, 0.25) is 0 Å². The summed E-state index contributed by atoms with van der Waals surface area (Å²) in [6.07, 6.45) is 21.2. The zero-order valence-electron chi connectivity index (χ0n) is 14.9. The van der Waals surface area contributed by atoms with Crippen LogP contribution in [-0.2, 0) is 0 Å². The van der Waals surface area contributed by atoms with Crippen molar-refractivity contribution in [2.24, 2.45) is 0 Å². The molecule has 120 valence electrons. The van der Waals surface area contributed by atoms with Crippen LogP contribution in [-0.4, -0.2) is 0 Å². The molecule has 0 aliphatic carbocycles. The smallest absolute Gasteiger partial charge is 0.876 e. The monoisotopic (exact) mass is 304 g/mol. The molecule has 21 heavy (non-hydrogen) atoms. The van der Waals surface area contributed by atoms with E-state index in [2.05, 4.69) is 13.5 Å². The van der Waals surface area contributed by atoms with Crippen LogP contribution in [0.15, 0.2) is 12.3 Å². The minimum absolute atomic E-state index is 0. The Balaban J connectivity index is 0. The molecule has 0 unspecified atom stereocenters. The predicted octanol–water partition coefficient (Wildman–Crippen LogP) is 3.13. The van der Waals surface area contributed by atoms with E-state index in [1.165, 1.54) is 89.9 Å². The molecule has 0 amide bonds. The first-order valence-corrected chi connectivity index (χ1v) is 9.12. The summed E-state index contributed by atoms with van der Waals surface area (Å²) < 4.78 is 0. The molecule has 0 radical (unpaired) electrons. The molecule has 0 bridgehead atoms. The van der Waals surface area contributed by atoms with E-state index in [9.17, 15) is 5.11 Å². The number of rotatable bonds is 16. The van der Waals surface area contributed by atoms with E-state index in [4.69, 9.17) is 0 Å². The van der Waals surface area contributed by atoms with Crippen LogP contribution in [0.4, 0.5) is 0 Å². The third-order valence-corrected chi connectivity index (χ3v) is 4.06. The molecule has 2 heteroatoms. The Labute approximate surface area is 156 Å². The number of allylic oxidation sites excluding steroid dienone is 1. The summed E-state index contributed by atoms with van der Waals surface area (Å²) in [7, 11) is 0. The van der Waals surface area contributed by atoms with Crippen LogP contribution in [0.5, 0.6) is 0 Å². The second-order valence-electron chi connectivity index (χ2n) is 6.24. The van der Waals surface area contributed by atoms with Gasteiger partial charge in [-0.1, -0.05) is 103 Å². The van der Waals surface area contributed by atoms with Crippen molar-refractivity contribution in [2.45, 2.75) is 110 Å². The second-order valence-corrected chi connectivity index (χ2v) is 6.24. The van der Waals surface area contributed by atoms with Crippen LogP contribution in [0, 0.1) is 0 Å². The van der Waals surface area contributed by atoms with Gasteiger partial charge in [0.15, 0.2) is 0 Å². The maximum atomic E-state index is 10.7. The molecule has 0 rings (SSSR count). The van der Waals surface area contributed by atoms with E-state index in [0.717, 1.165) is 6.42 Å². The molecule has 0 fully saturated rings. The molecule has 0 aromatic rings. The Morgan fingerprint density at radius 1 is 0.619 bits per heavy atom. The van der Waals surface area contributed by atoms with Gasteiger partial charge in [0.1, 0.15) is 0 Å². The van der Waals surface area contributed by atoms with Gasteiger partial charge in [0.25, 0.3) is 0 Å². The summed E-state index contributed by atoms with van der Waals surface area (Å²) in [5.74, 6) is 0.0969. The summed E-state index contributed by atoms with van der Waals surface area (Å²) in [6.45, 7) is 5.68. The van der Waals surface area contributed by atoms with Crippen molar-refractivity contribution < 1.29 is 34.7 Å². The zero-order chi connectivity index (χ0) is 14.9. The van der Waals surface area contributed by atoms with Gasteiger partial charge in [-0.25, -0.2) is 0 Å². The molecule has 0 atom stereocenters. The molecule has 1 nitrogen and oxygen atoms in total. The molecule has 0 saturated carbocycles. The zero-order valence-corrected chi connectivity index (χ0v) is 16.9. The van der Waals surface area contributed by atoms with Crippen molar-refractivity contribution in [1.82, 2.24) is 0 Å². The predicted molar refractivity (Wildman–Crippen MR) is 88.7 cm³/mol. The second kappa shape index (κ2) is 20.5. The Hall–Kier alpha value is 0.540. The Morgan fingerprint density at radius 3 is 1.19 bits per heavy atom. The van der Waals surface area contributed by atoms with Crippen molar-refractivity contribution in [2.75, 3.05) is 0 Å². The molecular formula is C19H37NaO. The largest absolute Gasteiger partial charge is 1.00 e. The fraction of sp³-hybridized carbons (Fsp3) is 0.895.